The number of amides is 4. The number of carbonyl (C=O) groups excluding carboxylic acids is 6. The fraction of sp³-hybridized carbons (Fsp3) is 0.441. The number of benzene rings is 2. The number of nitrogens with zero attached hydrogens (tertiary/aromatic N) is 3. The summed E-state index contributed by atoms with van der Waals surface area (Å²) >= 11 is 12.1. The molecule has 3 saturated heterocycles. The second kappa shape index (κ2) is 17.1. The van der Waals surface area contributed by atoms with Gasteiger partial charge in [-0.2, -0.15) is 0 Å². The fourth-order valence-corrected chi connectivity index (χ4v) is 6.67. The maximum atomic E-state index is 13.9. The second-order valence-electron chi connectivity index (χ2n) is 12.3. The Balaban J connectivity index is 1.25. The van der Waals surface area contributed by atoms with Gasteiger partial charge in [0.25, 0.3) is 11.8 Å². The molecule has 51 heavy (non-hydrogen) atoms. The Morgan fingerprint density at radius 2 is 1.65 bits per heavy atom. The number of aliphatic carboxylic acids is 1. The van der Waals surface area contributed by atoms with Crippen molar-refractivity contribution in [1.29, 1.82) is 0 Å². The van der Waals surface area contributed by atoms with Crippen molar-refractivity contribution < 1.29 is 48.1 Å². The predicted octanol–water partition coefficient (Wildman–Crippen LogP) is 1.84. The van der Waals surface area contributed by atoms with Crippen molar-refractivity contribution in [2.45, 2.75) is 56.8 Å². The molecular weight excluding hydrogens is 709 g/mol. The van der Waals surface area contributed by atoms with Crippen LogP contribution in [0, 0.1) is 0 Å². The van der Waals surface area contributed by atoms with Gasteiger partial charge in [-0.05, 0) is 49.1 Å². The van der Waals surface area contributed by atoms with E-state index in [4.69, 9.17) is 32.7 Å². The van der Waals surface area contributed by atoms with Crippen LogP contribution in [0.5, 0.6) is 0 Å². The third-order valence-electron chi connectivity index (χ3n) is 8.79. The van der Waals surface area contributed by atoms with E-state index in [-0.39, 0.29) is 41.4 Å². The van der Waals surface area contributed by atoms with Gasteiger partial charge in [0, 0.05) is 38.2 Å². The van der Waals surface area contributed by atoms with Gasteiger partial charge in [0.1, 0.15) is 18.1 Å². The summed E-state index contributed by atoms with van der Waals surface area (Å²) in [4.78, 5) is 93.5. The molecule has 3 aliphatic rings. The van der Waals surface area contributed by atoms with Crippen LogP contribution in [0.1, 0.15) is 58.4 Å². The van der Waals surface area contributed by atoms with Gasteiger partial charge in [-0.3, -0.25) is 38.7 Å². The molecule has 0 saturated carbocycles. The average Bonchev–Trinajstić information content (AvgIpc) is 3.22. The first-order valence-electron chi connectivity index (χ1n) is 16.4. The van der Waals surface area contributed by atoms with Crippen molar-refractivity contribution in [2.24, 2.45) is 0 Å². The number of ketones is 1. The van der Waals surface area contributed by atoms with E-state index in [0.717, 1.165) is 28.7 Å². The summed E-state index contributed by atoms with van der Waals surface area (Å²) in [5.41, 5.74) is 1.12. The molecule has 4 amide bonds. The molecule has 0 unspecified atom stereocenters. The highest BCUT2D eigenvalue weighted by Crippen LogP contribution is 2.27. The lowest BCUT2D eigenvalue weighted by Gasteiger charge is -2.43. The molecule has 0 aliphatic carbocycles. The van der Waals surface area contributed by atoms with Crippen LogP contribution in [0.3, 0.4) is 0 Å². The lowest BCUT2D eigenvalue weighted by molar-refractivity contribution is -0.176. The quantitative estimate of drug-likeness (QED) is 0.269. The van der Waals surface area contributed by atoms with Crippen LogP contribution in [-0.4, -0.2) is 119 Å². The molecule has 0 aromatic heterocycles. The summed E-state index contributed by atoms with van der Waals surface area (Å²) in [6.45, 7) is 2.86. The third-order valence-corrected chi connectivity index (χ3v) is 9.42. The molecule has 0 bridgehead atoms. The van der Waals surface area contributed by atoms with Gasteiger partial charge in [0.15, 0.2) is 12.4 Å². The van der Waals surface area contributed by atoms with E-state index >= 15 is 0 Å². The number of hydrogen-bond acceptors (Lipinski definition) is 10. The van der Waals surface area contributed by atoms with Crippen molar-refractivity contribution in [3.8, 4) is 0 Å². The summed E-state index contributed by atoms with van der Waals surface area (Å²) in [5.74, 6) is -5.99. The van der Waals surface area contributed by atoms with E-state index < -0.39 is 72.5 Å². The molecule has 3 fully saturated rings. The van der Waals surface area contributed by atoms with Crippen LogP contribution in [0.15, 0.2) is 42.5 Å². The SMILES string of the molecule is O=C(O)C[C@H](NC(=O)[C@@H]1CCCN2C(=O)CC[C@H](NC(=O)c3ccc(CN4CCOCC4)cc3)C(=O)N12)C(=O)COC(=O)c1c(Cl)cccc1Cl. The van der Waals surface area contributed by atoms with E-state index in [1.807, 2.05) is 12.1 Å². The number of carboxylic acids is 1. The standard InChI is InChI=1S/C34H37Cl2N5O10/c35-22-3-1-4-23(36)30(22)34(49)51-19-27(42)25(17-29(44)45)38-32(47)26-5-2-12-40-28(43)11-10-24(33(48)41(26)40)37-31(46)21-8-6-20(7-9-21)18-39-13-15-50-16-14-39/h1,3-4,6-9,24-26H,2,5,10-19H2,(H,37,46)(H,38,47)(H,44,45)/t24-,25-,26-/m0/s1. The minimum absolute atomic E-state index is 0.0131. The number of hydrazine groups is 1. The fourth-order valence-electron chi connectivity index (χ4n) is 6.12. The van der Waals surface area contributed by atoms with Crippen molar-refractivity contribution in [1.82, 2.24) is 25.6 Å². The zero-order chi connectivity index (χ0) is 36.7. The second-order valence-corrected chi connectivity index (χ2v) is 13.1. The molecule has 0 spiro atoms. The number of carbonyl (C=O) groups is 7. The molecule has 272 valence electrons. The van der Waals surface area contributed by atoms with E-state index in [1.165, 1.54) is 18.2 Å². The van der Waals surface area contributed by atoms with Gasteiger partial charge in [-0.1, -0.05) is 41.4 Å². The third kappa shape index (κ3) is 9.41. The molecule has 3 N–H and O–H groups in total. The van der Waals surface area contributed by atoms with Crippen molar-refractivity contribution >= 4 is 64.6 Å². The Labute approximate surface area is 303 Å². The number of carboxylic acid groups (broad SMARTS) is 1. The minimum atomic E-state index is -1.65. The Bertz CT molecular complexity index is 1660. The molecule has 15 nitrogen and oxygen atoms in total. The summed E-state index contributed by atoms with van der Waals surface area (Å²) in [5, 5.41) is 16.6. The smallest absolute Gasteiger partial charge is 0.341 e. The highest BCUT2D eigenvalue weighted by molar-refractivity contribution is 6.39. The summed E-state index contributed by atoms with van der Waals surface area (Å²) in [6, 6.07) is 7.14. The number of Topliss-reactive ketones (excluding diaryl/α,β-unsaturated/α-hetero) is 1. The van der Waals surface area contributed by atoms with Gasteiger partial charge < -0.3 is 25.2 Å². The molecule has 0 radical (unpaired) electrons. The number of halogens is 2. The number of nitrogens with one attached hydrogen (secondary N) is 2. The number of fused-ring (bicyclic) bond motifs is 1. The molecule has 2 aromatic rings. The van der Waals surface area contributed by atoms with Crippen LogP contribution in [0.2, 0.25) is 10.0 Å². The monoisotopic (exact) mass is 745 g/mol. The first-order valence-corrected chi connectivity index (χ1v) is 17.2. The number of ether oxygens (including phenoxy) is 2. The first-order chi connectivity index (χ1) is 24.4. The first kappa shape index (κ1) is 37.7. The summed E-state index contributed by atoms with van der Waals surface area (Å²) in [6.07, 6.45) is -0.542. The lowest BCUT2D eigenvalue weighted by atomic mass is 10.0. The Morgan fingerprint density at radius 1 is 0.961 bits per heavy atom. The highest BCUT2D eigenvalue weighted by atomic mass is 35.5. The molecule has 3 heterocycles. The molecule has 3 atom stereocenters. The Kier molecular flexibility index (Phi) is 12.6. The molecule has 3 aliphatic heterocycles. The van der Waals surface area contributed by atoms with Gasteiger partial charge in [-0.15, -0.1) is 0 Å². The normalized spacial score (nSPS) is 20.1. The van der Waals surface area contributed by atoms with Gasteiger partial charge in [0.2, 0.25) is 11.8 Å². The van der Waals surface area contributed by atoms with E-state index in [1.54, 1.807) is 12.1 Å². The molecule has 5 rings (SSSR count). The van der Waals surface area contributed by atoms with E-state index in [0.29, 0.717) is 31.7 Å². The van der Waals surface area contributed by atoms with Crippen molar-refractivity contribution in [2.75, 3.05) is 39.5 Å². The van der Waals surface area contributed by atoms with Crippen LogP contribution >= 0.6 is 23.2 Å². The topological polar surface area (TPSA) is 192 Å². The molecular formula is C34H37Cl2N5O10. The van der Waals surface area contributed by atoms with Gasteiger partial charge in [-0.25, -0.2) is 9.80 Å². The molecule has 17 heteroatoms. The highest BCUT2D eigenvalue weighted by Gasteiger charge is 2.45. The van der Waals surface area contributed by atoms with Crippen molar-refractivity contribution in [3.63, 3.8) is 0 Å². The lowest BCUT2D eigenvalue weighted by Crippen LogP contribution is -2.64. The molecule has 2 aromatic carbocycles. The maximum Gasteiger partial charge on any atom is 0.341 e. The number of morpholine rings is 1. The number of hydrogen-bond donors (Lipinski definition) is 3. The zero-order valence-electron chi connectivity index (χ0n) is 27.5. The predicted molar refractivity (Wildman–Crippen MR) is 181 cm³/mol. The Hall–Kier alpha value is -4.57. The largest absolute Gasteiger partial charge is 0.481 e. The number of rotatable bonds is 12. The minimum Gasteiger partial charge on any atom is -0.481 e. The van der Waals surface area contributed by atoms with Crippen molar-refractivity contribution in [3.05, 3.63) is 69.2 Å². The summed E-state index contributed by atoms with van der Waals surface area (Å²) < 4.78 is 10.4. The zero-order valence-corrected chi connectivity index (χ0v) is 29.0. The van der Waals surface area contributed by atoms with Gasteiger partial charge >= 0.3 is 11.9 Å². The maximum absolute atomic E-state index is 13.9. The van der Waals surface area contributed by atoms with Crippen LogP contribution in [0.25, 0.3) is 0 Å². The van der Waals surface area contributed by atoms with E-state index in [9.17, 15) is 38.7 Å². The van der Waals surface area contributed by atoms with Crippen LogP contribution < -0.4 is 10.6 Å². The van der Waals surface area contributed by atoms with Gasteiger partial charge in [0.05, 0.1) is 35.2 Å². The van der Waals surface area contributed by atoms with E-state index in [2.05, 4.69) is 15.5 Å². The summed E-state index contributed by atoms with van der Waals surface area (Å²) in [7, 11) is 0. The van der Waals surface area contributed by atoms with Crippen LogP contribution in [0.4, 0.5) is 0 Å². The Morgan fingerprint density at radius 3 is 2.31 bits per heavy atom. The van der Waals surface area contributed by atoms with Crippen LogP contribution in [-0.2, 0) is 40.0 Å². The average molecular weight is 747 g/mol. The number of esters is 1.